The molecule has 2 atom stereocenters. The van der Waals surface area contributed by atoms with Crippen LogP contribution < -0.4 is 5.32 Å². The standard InChI is InChI=1S/C20H30N2O/c1-15-10-16(2)13-22(12-15)14-19-7-4-3-6-18(19)11-21-20(23)17-8-5-9-17/h3-4,6-7,15-17H,5,8-14H2,1-2H3,(H,21,23). The fourth-order valence-electron chi connectivity index (χ4n) is 4.04. The van der Waals surface area contributed by atoms with Crippen LogP contribution in [-0.2, 0) is 17.9 Å². The van der Waals surface area contributed by atoms with Gasteiger partial charge in [0.2, 0.25) is 5.91 Å². The van der Waals surface area contributed by atoms with Crippen molar-refractivity contribution in [3.8, 4) is 0 Å². The Bertz CT molecular complexity index is 528. The summed E-state index contributed by atoms with van der Waals surface area (Å²) in [5, 5.41) is 3.14. The number of hydrogen-bond acceptors (Lipinski definition) is 2. The minimum Gasteiger partial charge on any atom is -0.352 e. The average Bonchev–Trinajstić information content (AvgIpc) is 2.43. The molecule has 1 aliphatic heterocycles. The molecule has 1 amide bonds. The van der Waals surface area contributed by atoms with Crippen LogP contribution in [0.3, 0.4) is 0 Å². The zero-order valence-electron chi connectivity index (χ0n) is 14.6. The molecule has 3 heteroatoms. The lowest BCUT2D eigenvalue weighted by Crippen LogP contribution is -2.38. The van der Waals surface area contributed by atoms with E-state index in [1.807, 2.05) is 0 Å². The summed E-state index contributed by atoms with van der Waals surface area (Å²) in [5.74, 6) is 2.07. The van der Waals surface area contributed by atoms with Crippen molar-refractivity contribution in [2.24, 2.45) is 17.8 Å². The van der Waals surface area contributed by atoms with Crippen LogP contribution in [0.2, 0.25) is 0 Å². The van der Waals surface area contributed by atoms with Crippen LogP contribution in [0.4, 0.5) is 0 Å². The second kappa shape index (κ2) is 7.48. The van der Waals surface area contributed by atoms with Gasteiger partial charge >= 0.3 is 0 Å². The molecule has 1 saturated carbocycles. The monoisotopic (exact) mass is 314 g/mol. The quantitative estimate of drug-likeness (QED) is 0.901. The Kier molecular flexibility index (Phi) is 5.37. The van der Waals surface area contributed by atoms with Crippen molar-refractivity contribution < 1.29 is 4.79 Å². The molecule has 2 aliphatic rings. The molecule has 0 aromatic heterocycles. The molecule has 1 aliphatic carbocycles. The van der Waals surface area contributed by atoms with Gasteiger partial charge in [-0.2, -0.15) is 0 Å². The molecule has 23 heavy (non-hydrogen) atoms. The van der Waals surface area contributed by atoms with E-state index in [0.717, 1.165) is 31.2 Å². The van der Waals surface area contributed by atoms with Crippen molar-refractivity contribution >= 4 is 5.91 Å². The maximum atomic E-state index is 12.1. The molecule has 3 rings (SSSR count). The van der Waals surface area contributed by atoms with Crippen molar-refractivity contribution in [3.05, 3.63) is 35.4 Å². The van der Waals surface area contributed by atoms with E-state index < -0.39 is 0 Å². The van der Waals surface area contributed by atoms with Crippen LogP contribution in [0.1, 0.15) is 50.7 Å². The van der Waals surface area contributed by atoms with Gasteiger partial charge in [-0.05, 0) is 42.2 Å². The van der Waals surface area contributed by atoms with Crippen molar-refractivity contribution in [2.45, 2.75) is 52.6 Å². The Balaban J connectivity index is 1.59. The highest BCUT2D eigenvalue weighted by Gasteiger charge is 2.25. The van der Waals surface area contributed by atoms with E-state index in [1.165, 1.54) is 37.1 Å². The molecule has 1 heterocycles. The number of carbonyl (C=O) groups is 1. The van der Waals surface area contributed by atoms with E-state index in [9.17, 15) is 4.79 Å². The molecule has 0 radical (unpaired) electrons. The van der Waals surface area contributed by atoms with Gasteiger partial charge in [0, 0.05) is 32.1 Å². The number of nitrogens with one attached hydrogen (secondary N) is 1. The summed E-state index contributed by atoms with van der Waals surface area (Å²) in [7, 11) is 0. The molecule has 1 N–H and O–H groups in total. The van der Waals surface area contributed by atoms with E-state index in [2.05, 4.69) is 48.3 Å². The molecule has 1 aromatic rings. The van der Waals surface area contributed by atoms with Gasteiger partial charge in [0.1, 0.15) is 0 Å². The van der Waals surface area contributed by atoms with E-state index >= 15 is 0 Å². The van der Waals surface area contributed by atoms with Crippen molar-refractivity contribution in [1.29, 1.82) is 0 Å². The Labute approximate surface area is 140 Å². The first-order chi connectivity index (χ1) is 11.1. The Hall–Kier alpha value is -1.35. The second-order valence-electron chi connectivity index (χ2n) is 7.75. The maximum Gasteiger partial charge on any atom is 0.223 e. The van der Waals surface area contributed by atoms with E-state index in [0.29, 0.717) is 6.54 Å². The predicted molar refractivity (Wildman–Crippen MR) is 93.9 cm³/mol. The summed E-state index contributed by atoms with van der Waals surface area (Å²) in [4.78, 5) is 14.6. The van der Waals surface area contributed by atoms with Crippen LogP contribution in [0.25, 0.3) is 0 Å². The number of amides is 1. The highest BCUT2D eigenvalue weighted by Crippen LogP contribution is 2.26. The van der Waals surface area contributed by atoms with E-state index in [-0.39, 0.29) is 11.8 Å². The van der Waals surface area contributed by atoms with Crippen molar-refractivity contribution in [1.82, 2.24) is 10.2 Å². The third-order valence-corrected chi connectivity index (χ3v) is 5.39. The first-order valence-corrected chi connectivity index (χ1v) is 9.18. The second-order valence-corrected chi connectivity index (χ2v) is 7.75. The van der Waals surface area contributed by atoms with Gasteiger partial charge in [0.05, 0.1) is 0 Å². The van der Waals surface area contributed by atoms with Gasteiger partial charge in [-0.15, -0.1) is 0 Å². The summed E-state index contributed by atoms with van der Waals surface area (Å²) in [6.07, 6.45) is 4.68. The molecule has 2 unspecified atom stereocenters. The number of benzene rings is 1. The summed E-state index contributed by atoms with van der Waals surface area (Å²) < 4.78 is 0. The zero-order chi connectivity index (χ0) is 16.2. The lowest BCUT2D eigenvalue weighted by atomic mass is 9.85. The fraction of sp³-hybridized carbons (Fsp3) is 0.650. The number of hydrogen-bond donors (Lipinski definition) is 1. The minimum atomic E-state index is 0.242. The van der Waals surface area contributed by atoms with Crippen LogP contribution in [0.5, 0.6) is 0 Å². The number of nitrogens with zero attached hydrogens (tertiary/aromatic N) is 1. The van der Waals surface area contributed by atoms with Crippen LogP contribution in [0.15, 0.2) is 24.3 Å². The first-order valence-electron chi connectivity index (χ1n) is 9.18. The molecular formula is C20H30N2O. The molecule has 0 spiro atoms. The van der Waals surface area contributed by atoms with Gasteiger partial charge < -0.3 is 5.32 Å². The molecule has 1 saturated heterocycles. The third-order valence-electron chi connectivity index (χ3n) is 5.39. The van der Waals surface area contributed by atoms with Crippen molar-refractivity contribution in [2.75, 3.05) is 13.1 Å². The molecular weight excluding hydrogens is 284 g/mol. The van der Waals surface area contributed by atoms with Gasteiger partial charge in [-0.3, -0.25) is 9.69 Å². The van der Waals surface area contributed by atoms with Gasteiger partial charge in [0.25, 0.3) is 0 Å². The Morgan fingerprint density at radius 1 is 1.13 bits per heavy atom. The molecule has 2 fully saturated rings. The summed E-state index contributed by atoms with van der Waals surface area (Å²) in [6, 6.07) is 8.57. The fourth-order valence-corrected chi connectivity index (χ4v) is 4.04. The largest absolute Gasteiger partial charge is 0.352 e. The topological polar surface area (TPSA) is 32.3 Å². The SMILES string of the molecule is CC1CC(C)CN(Cc2ccccc2CNC(=O)C2CCC2)C1. The van der Waals surface area contributed by atoms with Crippen LogP contribution >= 0.6 is 0 Å². The lowest BCUT2D eigenvalue weighted by Gasteiger charge is -2.35. The Morgan fingerprint density at radius 2 is 1.78 bits per heavy atom. The highest BCUT2D eigenvalue weighted by atomic mass is 16.1. The zero-order valence-corrected chi connectivity index (χ0v) is 14.6. The van der Waals surface area contributed by atoms with Crippen LogP contribution in [-0.4, -0.2) is 23.9 Å². The number of rotatable bonds is 5. The average molecular weight is 314 g/mol. The normalized spacial score (nSPS) is 25.8. The smallest absolute Gasteiger partial charge is 0.223 e. The predicted octanol–water partition coefficient (Wildman–Crippen LogP) is 3.58. The number of likely N-dealkylation sites (tertiary alicyclic amines) is 1. The lowest BCUT2D eigenvalue weighted by molar-refractivity contribution is -0.127. The number of carbonyl (C=O) groups excluding carboxylic acids is 1. The van der Waals surface area contributed by atoms with Gasteiger partial charge in [-0.25, -0.2) is 0 Å². The third kappa shape index (κ3) is 4.35. The molecule has 1 aromatic carbocycles. The Morgan fingerprint density at radius 3 is 2.39 bits per heavy atom. The highest BCUT2D eigenvalue weighted by molar-refractivity contribution is 5.79. The molecule has 3 nitrogen and oxygen atoms in total. The maximum absolute atomic E-state index is 12.1. The summed E-state index contributed by atoms with van der Waals surface area (Å²) in [6.45, 7) is 8.76. The number of piperidine rings is 1. The summed E-state index contributed by atoms with van der Waals surface area (Å²) in [5.41, 5.74) is 2.63. The van der Waals surface area contributed by atoms with Gasteiger partial charge in [-0.1, -0.05) is 44.5 Å². The molecule has 0 bridgehead atoms. The summed E-state index contributed by atoms with van der Waals surface area (Å²) >= 11 is 0. The van der Waals surface area contributed by atoms with Crippen molar-refractivity contribution in [3.63, 3.8) is 0 Å². The molecule has 126 valence electrons. The van der Waals surface area contributed by atoms with E-state index in [1.54, 1.807) is 0 Å². The first kappa shape index (κ1) is 16.5. The van der Waals surface area contributed by atoms with Gasteiger partial charge in [0.15, 0.2) is 0 Å². The van der Waals surface area contributed by atoms with E-state index in [4.69, 9.17) is 0 Å². The minimum absolute atomic E-state index is 0.242. The van der Waals surface area contributed by atoms with Crippen LogP contribution in [0, 0.1) is 17.8 Å².